The maximum absolute atomic E-state index is 12.2. The summed E-state index contributed by atoms with van der Waals surface area (Å²) >= 11 is 4.70. The zero-order chi connectivity index (χ0) is 13.3. The molecule has 0 spiro atoms. The lowest BCUT2D eigenvalue weighted by molar-refractivity contribution is -0.150. The summed E-state index contributed by atoms with van der Waals surface area (Å²) in [4.78, 5) is 25.8. The zero-order valence-corrected chi connectivity index (χ0v) is 12.4. The fraction of sp³-hybridized carbons (Fsp3) is 0.500. The number of carbonyl (C=O) groups excluding carboxylic acids is 1. The fourth-order valence-corrected chi connectivity index (χ4v) is 3.53. The smallest absolute Gasteiger partial charge is 0.311 e. The van der Waals surface area contributed by atoms with Crippen LogP contribution in [-0.4, -0.2) is 35.0 Å². The van der Waals surface area contributed by atoms with Crippen LogP contribution in [0.1, 0.15) is 29.4 Å². The molecule has 4 nitrogen and oxygen atoms in total. The lowest BCUT2D eigenvalue weighted by Gasteiger charge is -2.37. The highest BCUT2D eigenvalue weighted by Crippen LogP contribution is 2.31. The van der Waals surface area contributed by atoms with Crippen molar-refractivity contribution in [2.24, 2.45) is 5.41 Å². The van der Waals surface area contributed by atoms with Crippen molar-refractivity contribution in [3.8, 4) is 0 Å². The molecule has 0 bridgehead atoms. The van der Waals surface area contributed by atoms with Crippen molar-refractivity contribution < 1.29 is 14.7 Å². The summed E-state index contributed by atoms with van der Waals surface area (Å²) in [6.07, 6.45) is 1.36. The topological polar surface area (TPSA) is 57.6 Å². The minimum atomic E-state index is -0.827. The molecule has 2 rings (SSSR count). The molecule has 18 heavy (non-hydrogen) atoms. The van der Waals surface area contributed by atoms with E-state index in [-0.39, 0.29) is 12.5 Å². The van der Waals surface area contributed by atoms with Gasteiger partial charge in [-0.2, -0.15) is 0 Å². The predicted molar refractivity (Wildman–Crippen MR) is 72.9 cm³/mol. The van der Waals surface area contributed by atoms with Gasteiger partial charge in [0, 0.05) is 13.1 Å². The lowest BCUT2D eigenvalue weighted by atomic mass is 9.82. The van der Waals surface area contributed by atoms with E-state index in [0.717, 1.165) is 10.2 Å². The first-order valence-electron chi connectivity index (χ1n) is 5.70. The summed E-state index contributed by atoms with van der Waals surface area (Å²) in [5, 5.41) is 9.23. The Labute approximate surface area is 118 Å². The average Bonchev–Trinajstić information content (AvgIpc) is 2.75. The molecule has 1 aliphatic heterocycles. The average molecular weight is 332 g/mol. The second-order valence-electron chi connectivity index (χ2n) is 4.80. The minimum Gasteiger partial charge on any atom is -0.481 e. The van der Waals surface area contributed by atoms with E-state index in [9.17, 15) is 14.7 Å². The van der Waals surface area contributed by atoms with Gasteiger partial charge in [0.2, 0.25) is 0 Å². The predicted octanol–water partition coefficient (Wildman–Crippen LogP) is 2.84. The number of carboxylic acid groups (broad SMARTS) is 1. The van der Waals surface area contributed by atoms with Gasteiger partial charge in [-0.1, -0.05) is 0 Å². The number of likely N-dealkylation sites (tertiary alicyclic amines) is 1. The molecule has 6 heteroatoms. The van der Waals surface area contributed by atoms with Crippen LogP contribution in [0, 0.1) is 5.41 Å². The molecular formula is C12H14BrNO3S. The molecule has 98 valence electrons. The first-order valence-corrected chi connectivity index (χ1v) is 7.31. The van der Waals surface area contributed by atoms with E-state index < -0.39 is 11.4 Å². The number of carboxylic acids is 1. The highest BCUT2D eigenvalue weighted by atomic mass is 79.9. The van der Waals surface area contributed by atoms with E-state index >= 15 is 0 Å². The fourth-order valence-electron chi connectivity index (χ4n) is 2.17. The Hall–Kier alpha value is -0.880. The summed E-state index contributed by atoms with van der Waals surface area (Å²) < 4.78 is 0.906. The van der Waals surface area contributed by atoms with Crippen molar-refractivity contribution in [2.75, 3.05) is 13.1 Å². The number of hydrogen-bond donors (Lipinski definition) is 1. The summed E-state index contributed by atoms with van der Waals surface area (Å²) in [7, 11) is 0. The summed E-state index contributed by atoms with van der Waals surface area (Å²) in [5.41, 5.74) is -0.817. The molecule has 1 fully saturated rings. The summed E-state index contributed by atoms with van der Waals surface area (Å²) in [6, 6.07) is 3.60. The maximum Gasteiger partial charge on any atom is 0.311 e. The van der Waals surface area contributed by atoms with Gasteiger partial charge < -0.3 is 10.0 Å². The van der Waals surface area contributed by atoms with E-state index in [1.807, 2.05) is 6.07 Å². The van der Waals surface area contributed by atoms with Crippen molar-refractivity contribution in [3.05, 3.63) is 20.8 Å². The molecule has 0 saturated carbocycles. The third kappa shape index (κ3) is 2.59. The molecule has 1 aliphatic rings. The summed E-state index contributed by atoms with van der Waals surface area (Å²) in [5.74, 6) is -0.898. The van der Waals surface area contributed by atoms with Crippen molar-refractivity contribution in [3.63, 3.8) is 0 Å². The number of aliphatic carboxylic acids is 1. The van der Waals surface area contributed by atoms with Gasteiger partial charge in [0.1, 0.15) is 0 Å². The maximum atomic E-state index is 12.2. The zero-order valence-electron chi connectivity index (χ0n) is 9.98. The van der Waals surface area contributed by atoms with Crippen LogP contribution in [0.4, 0.5) is 0 Å². The molecule has 1 unspecified atom stereocenters. The molecule has 1 atom stereocenters. The van der Waals surface area contributed by atoms with Gasteiger partial charge in [-0.05, 0) is 47.8 Å². The normalized spacial score (nSPS) is 24.0. The Morgan fingerprint density at radius 3 is 2.78 bits per heavy atom. The standard InChI is InChI=1S/C12H14BrNO3S/c1-12(11(16)17)5-2-6-14(7-12)10(15)8-3-4-9(13)18-8/h3-4H,2,5-7H2,1H3,(H,16,17). The van der Waals surface area contributed by atoms with Crippen LogP contribution in [0.5, 0.6) is 0 Å². The Bertz CT molecular complexity index is 487. The number of thiophene rings is 1. The highest BCUT2D eigenvalue weighted by Gasteiger charge is 2.39. The molecular weight excluding hydrogens is 318 g/mol. The van der Waals surface area contributed by atoms with E-state index in [4.69, 9.17) is 0 Å². The van der Waals surface area contributed by atoms with E-state index in [1.54, 1.807) is 17.9 Å². The number of halogens is 1. The first-order chi connectivity index (χ1) is 8.42. The SMILES string of the molecule is CC1(C(=O)O)CCCN(C(=O)c2ccc(Br)s2)C1. The van der Waals surface area contributed by atoms with E-state index in [0.29, 0.717) is 17.8 Å². The van der Waals surface area contributed by atoms with Gasteiger partial charge in [0.05, 0.1) is 14.1 Å². The van der Waals surface area contributed by atoms with Crippen LogP contribution in [0.15, 0.2) is 15.9 Å². The van der Waals surface area contributed by atoms with Crippen LogP contribution in [0.25, 0.3) is 0 Å². The second-order valence-corrected chi connectivity index (χ2v) is 7.26. The molecule has 1 N–H and O–H groups in total. The van der Waals surface area contributed by atoms with Crippen LogP contribution in [0.3, 0.4) is 0 Å². The molecule has 2 heterocycles. The number of piperidine rings is 1. The number of carbonyl (C=O) groups is 2. The summed E-state index contributed by atoms with van der Waals surface area (Å²) in [6.45, 7) is 2.63. The van der Waals surface area contributed by atoms with Gasteiger partial charge in [-0.3, -0.25) is 9.59 Å². The Morgan fingerprint density at radius 2 is 2.22 bits per heavy atom. The first kappa shape index (κ1) is 13.5. The van der Waals surface area contributed by atoms with Gasteiger partial charge in [-0.25, -0.2) is 0 Å². The molecule has 0 aliphatic carbocycles. The van der Waals surface area contributed by atoms with Crippen LogP contribution >= 0.6 is 27.3 Å². The van der Waals surface area contributed by atoms with Gasteiger partial charge in [0.15, 0.2) is 0 Å². The van der Waals surface area contributed by atoms with E-state index in [2.05, 4.69) is 15.9 Å². The van der Waals surface area contributed by atoms with Crippen LogP contribution < -0.4 is 0 Å². The molecule has 0 radical (unpaired) electrons. The van der Waals surface area contributed by atoms with Gasteiger partial charge in [0.25, 0.3) is 5.91 Å². The quantitative estimate of drug-likeness (QED) is 0.906. The van der Waals surface area contributed by atoms with Crippen LogP contribution in [-0.2, 0) is 4.79 Å². The Kier molecular flexibility index (Phi) is 3.77. The third-order valence-corrected chi connectivity index (χ3v) is 4.90. The number of rotatable bonds is 2. The van der Waals surface area contributed by atoms with Crippen molar-refractivity contribution >= 4 is 39.1 Å². The van der Waals surface area contributed by atoms with Crippen LogP contribution in [0.2, 0.25) is 0 Å². The monoisotopic (exact) mass is 331 g/mol. The molecule has 1 saturated heterocycles. The second kappa shape index (κ2) is 5.01. The largest absolute Gasteiger partial charge is 0.481 e. The molecule has 1 aromatic heterocycles. The number of nitrogens with zero attached hydrogens (tertiary/aromatic N) is 1. The Morgan fingerprint density at radius 1 is 1.50 bits per heavy atom. The van der Waals surface area contributed by atoms with Crippen molar-refractivity contribution in [1.82, 2.24) is 4.90 Å². The van der Waals surface area contributed by atoms with Crippen molar-refractivity contribution in [1.29, 1.82) is 0 Å². The lowest BCUT2D eigenvalue weighted by Crippen LogP contribution is -2.48. The minimum absolute atomic E-state index is 0.0714. The van der Waals surface area contributed by atoms with Gasteiger partial charge >= 0.3 is 5.97 Å². The van der Waals surface area contributed by atoms with E-state index in [1.165, 1.54) is 11.3 Å². The molecule has 0 aromatic carbocycles. The third-order valence-electron chi connectivity index (χ3n) is 3.28. The number of amides is 1. The Balaban J connectivity index is 2.14. The molecule has 1 aromatic rings. The van der Waals surface area contributed by atoms with Gasteiger partial charge in [-0.15, -0.1) is 11.3 Å². The van der Waals surface area contributed by atoms with Crippen molar-refractivity contribution in [2.45, 2.75) is 19.8 Å². The number of hydrogen-bond acceptors (Lipinski definition) is 3. The highest BCUT2D eigenvalue weighted by molar-refractivity contribution is 9.11. The molecule has 1 amide bonds.